The molecule has 0 bridgehead atoms. The summed E-state index contributed by atoms with van der Waals surface area (Å²) in [5, 5.41) is 8.67. The Kier molecular flexibility index (Phi) is 6.09. The van der Waals surface area contributed by atoms with E-state index < -0.39 is 0 Å². The molecule has 0 saturated carbocycles. The highest BCUT2D eigenvalue weighted by molar-refractivity contribution is 5.99. The summed E-state index contributed by atoms with van der Waals surface area (Å²) in [4.78, 5) is 11.5. The molecule has 9 nitrogen and oxygen atoms in total. The topological polar surface area (TPSA) is 103 Å². The van der Waals surface area contributed by atoms with Crippen molar-refractivity contribution >= 4 is 22.8 Å². The van der Waals surface area contributed by atoms with Gasteiger partial charge in [-0.05, 0) is 62.6 Å². The molecule has 2 heterocycles. The molecule has 0 aliphatic rings. The molecule has 3 N–H and O–H groups in total. The predicted octanol–water partition coefficient (Wildman–Crippen LogP) is 3.06. The number of aromatic nitrogens is 4. The number of rotatable bonds is 8. The van der Waals surface area contributed by atoms with Crippen LogP contribution in [0.5, 0.6) is 11.5 Å². The number of methoxy groups -OCH3 is 2. The van der Waals surface area contributed by atoms with Gasteiger partial charge in [0.15, 0.2) is 5.65 Å². The van der Waals surface area contributed by atoms with Crippen LogP contribution in [0.25, 0.3) is 28.0 Å². The van der Waals surface area contributed by atoms with Gasteiger partial charge in [0.1, 0.15) is 17.3 Å². The number of benzene rings is 2. The van der Waals surface area contributed by atoms with Crippen LogP contribution < -0.4 is 20.5 Å². The zero-order valence-electron chi connectivity index (χ0n) is 18.7. The molecule has 0 spiro atoms. The summed E-state index contributed by atoms with van der Waals surface area (Å²) in [7, 11) is 7.31. The zero-order chi connectivity index (χ0) is 22.7. The molecule has 32 heavy (non-hydrogen) atoms. The van der Waals surface area contributed by atoms with Crippen LogP contribution in [0, 0.1) is 0 Å². The van der Waals surface area contributed by atoms with Crippen molar-refractivity contribution < 1.29 is 9.47 Å². The maximum absolute atomic E-state index is 6.56. The third-order valence-electron chi connectivity index (χ3n) is 5.09. The van der Waals surface area contributed by atoms with Crippen molar-refractivity contribution in [3.05, 3.63) is 48.5 Å². The lowest BCUT2D eigenvalue weighted by Gasteiger charge is -2.11. The quantitative estimate of drug-likeness (QED) is 0.437. The molecule has 2 aromatic heterocycles. The number of hydrogen-bond acceptors (Lipinski definition) is 8. The molecule has 0 amide bonds. The first-order chi connectivity index (χ1) is 15.5. The van der Waals surface area contributed by atoms with E-state index in [-0.39, 0.29) is 0 Å². The third-order valence-corrected chi connectivity index (χ3v) is 5.09. The fraction of sp³-hybridized carbons (Fsp3) is 0.261. The fourth-order valence-corrected chi connectivity index (χ4v) is 3.36. The summed E-state index contributed by atoms with van der Waals surface area (Å²) in [6, 6.07) is 15.2. The van der Waals surface area contributed by atoms with Gasteiger partial charge in [-0.2, -0.15) is 4.98 Å². The van der Waals surface area contributed by atoms with Gasteiger partial charge >= 0.3 is 0 Å². The van der Waals surface area contributed by atoms with Gasteiger partial charge in [0, 0.05) is 18.7 Å². The lowest BCUT2D eigenvalue weighted by Crippen LogP contribution is -2.21. The normalized spacial score (nSPS) is 11.2. The highest BCUT2D eigenvalue weighted by atomic mass is 16.5. The number of ether oxygens (including phenoxy) is 2. The Hall–Kier alpha value is -3.85. The summed E-state index contributed by atoms with van der Waals surface area (Å²) in [5.74, 6) is 2.50. The molecule has 4 aromatic rings. The summed E-state index contributed by atoms with van der Waals surface area (Å²) < 4.78 is 12.2. The lowest BCUT2D eigenvalue weighted by molar-refractivity contribution is 0.414. The molecule has 0 radical (unpaired) electrons. The van der Waals surface area contributed by atoms with E-state index in [4.69, 9.17) is 20.2 Å². The number of likely N-dealkylation sites (N-methyl/N-ethyl adjacent to an activating group) is 1. The first kappa shape index (κ1) is 21.4. The molecule has 0 unspecified atom stereocenters. The highest BCUT2D eigenvalue weighted by Crippen LogP contribution is 2.33. The van der Waals surface area contributed by atoms with Crippen LogP contribution in [-0.2, 0) is 0 Å². The maximum Gasteiger partial charge on any atom is 0.225 e. The van der Waals surface area contributed by atoms with Gasteiger partial charge in [0.25, 0.3) is 0 Å². The molecule has 0 aliphatic carbocycles. The highest BCUT2D eigenvalue weighted by Gasteiger charge is 2.19. The van der Waals surface area contributed by atoms with Crippen LogP contribution in [0.1, 0.15) is 0 Å². The van der Waals surface area contributed by atoms with Crippen molar-refractivity contribution in [1.82, 2.24) is 24.6 Å². The largest absolute Gasteiger partial charge is 0.497 e. The van der Waals surface area contributed by atoms with Gasteiger partial charge in [-0.3, -0.25) is 0 Å². The van der Waals surface area contributed by atoms with Gasteiger partial charge in [-0.15, -0.1) is 5.10 Å². The second kappa shape index (κ2) is 9.11. The summed E-state index contributed by atoms with van der Waals surface area (Å²) in [5.41, 5.74) is 9.50. The van der Waals surface area contributed by atoms with E-state index in [2.05, 4.69) is 20.3 Å². The number of nitrogens with zero attached hydrogens (tertiary/aromatic N) is 5. The standard InChI is InChI=1S/C23H27N7O2/c1-29(2)14-13-25-23-26-20(15-5-9-17(31-3)10-6-15)19-21(24)30(28-22(19)27-23)16-7-11-18(32-4)12-8-16/h5-12H,13-14,24H2,1-4H3,(H,25,27,28). The molecule has 4 rings (SSSR count). The Morgan fingerprint density at radius 1 is 0.938 bits per heavy atom. The number of fused-ring (bicyclic) bond motifs is 1. The average Bonchev–Trinajstić information content (AvgIpc) is 3.14. The molecule has 9 heteroatoms. The van der Waals surface area contributed by atoms with E-state index in [1.165, 1.54) is 0 Å². The minimum atomic E-state index is 0.468. The molecule has 0 aliphatic heterocycles. The molecular formula is C23H27N7O2. The van der Waals surface area contributed by atoms with Crippen LogP contribution in [0.3, 0.4) is 0 Å². The Morgan fingerprint density at radius 2 is 1.56 bits per heavy atom. The second-order valence-electron chi connectivity index (χ2n) is 7.55. The molecule has 0 atom stereocenters. The van der Waals surface area contributed by atoms with E-state index in [1.807, 2.05) is 62.6 Å². The van der Waals surface area contributed by atoms with Crippen molar-refractivity contribution in [3.63, 3.8) is 0 Å². The van der Waals surface area contributed by atoms with E-state index in [0.29, 0.717) is 35.0 Å². The van der Waals surface area contributed by atoms with Crippen molar-refractivity contribution in [3.8, 4) is 28.4 Å². The lowest BCUT2D eigenvalue weighted by atomic mass is 10.1. The predicted molar refractivity (Wildman–Crippen MR) is 127 cm³/mol. The third kappa shape index (κ3) is 4.28. The van der Waals surface area contributed by atoms with Crippen molar-refractivity contribution in [1.29, 1.82) is 0 Å². The Morgan fingerprint density at radius 3 is 2.16 bits per heavy atom. The van der Waals surface area contributed by atoms with E-state index >= 15 is 0 Å². The summed E-state index contributed by atoms with van der Waals surface area (Å²) in [6.07, 6.45) is 0. The minimum absolute atomic E-state index is 0.468. The second-order valence-corrected chi connectivity index (χ2v) is 7.55. The van der Waals surface area contributed by atoms with Gasteiger partial charge in [0.05, 0.1) is 31.0 Å². The van der Waals surface area contributed by atoms with Gasteiger partial charge in [0.2, 0.25) is 5.95 Å². The first-order valence-corrected chi connectivity index (χ1v) is 10.2. The fourth-order valence-electron chi connectivity index (χ4n) is 3.36. The Balaban J connectivity index is 1.84. The number of anilines is 2. The molecule has 2 aromatic carbocycles. The number of nitrogens with two attached hydrogens (primary N) is 1. The van der Waals surface area contributed by atoms with Crippen LogP contribution >= 0.6 is 0 Å². The van der Waals surface area contributed by atoms with Crippen LogP contribution in [-0.4, -0.2) is 66.1 Å². The summed E-state index contributed by atoms with van der Waals surface area (Å²) in [6.45, 7) is 1.55. The minimum Gasteiger partial charge on any atom is -0.497 e. The van der Waals surface area contributed by atoms with Crippen LogP contribution in [0.15, 0.2) is 48.5 Å². The Labute approximate surface area is 186 Å². The number of nitrogen functional groups attached to an aromatic ring is 1. The maximum atomic E-state index is 6.56. The smallest absolute Gasteiger partial charge is 0.225 e. The van der Waals surface area contributed by atoms with Crippen molar-refractivity contribution in [2.45, 2.75) is 0 Å². The van der Waals surface area contributed by atoms with Crippen molar-refractivity contribution in [2.24, 2.45) is 0 Å². The van der Waals surface area contributed by atoms with Crippen LogP contribution in [0.4, 0.5) is 11.8 Å². The van der Waals surface area contributed by atoms with E-state index in [0.717, 1.165) is 29.3 Å². The molecule has 166 valence electrons. The number of nitrogens with one attached hydrogen (secondary N) is 1. The first-order valence-electron chi connectivity index (χ1n) is 10.2. The van der Waals surface area contributed by atoms with Crippen molar-refractivity contribution in [2.75, 3.05) is 52.5 Å². The molecule has 0 fully saturated rings. The van der Waals surface area contributed by atoms with E-state index in [9.17, 15) is 0 Å². The Bertz CT molecular complexity index is 1200. The van der Waals surface area contributed by atoms with E-state index in [1.54, 1.807) is 18.9 Å². The molecule has 0 saturated heterocycles. The van der Waals surface area contributed by atoms with Gasteiger partial charge in [-0.25, -0.2) is 9.67 Å². The summed E-state index contributed by atoms with van der Waals surface area (Å²) >= 11 is 0. The number of hydrogen-bond donors (Lipinski definition) is 2. The zero-order valence-corrected chi connectivity index (χ0v) is 18.7. The monoisotopic (exact) mass is 433 g/mol. The van der Waals surface area contributed by atoms with Crippen LogP contribution in [0.2, 0.25) is 0 Å². The average molecular weight is 434 g/mol. The van der Waals surface area contributed by atoms with Gasteiger partial charge in [-0.1, -0.05) is 0 Å². The van der Waals surface area contributed by atoms with Gasteiger partial charge < -0.3 is 25.4 Å². The molecular weight excluding hydrogens is 406 g/mol. The SMILES string of the molecule is COc1ccc(-c2nc(NCCN(C)C)nc3nn(-c4ccc(OC)cc4)c(N)c23)cc1.